The number of benzene rings is 4. The van der Waals surface area contributed by atoms with Crippen molar-refractivity contribution in [3.05, 3.63) is 155 Å². The Morgan fingerprint density at radius 3 is 1.27 bits per heavy atom. The molecule has 4 aromatic carbocycles. The van der Waals surface area contributed by atoms with Gasteiger partial charge in [0.2, 0.25) is 0 Å². The number of anilines is 4. The van der Waals surface area contributed by atoms with Gasteiger partial charge in [0.25, 0.3) is 0 Å². The average Bonchev–Trinajstić information content (AvgIpc) is 3.38. The van der Waals surface area contributed by atoms with Gasteiger partial charge in [-0.05, 0) is 134 Å². The van der Waals surface area contributed by atoms with Crippen molar-refractivity contribution >= 4 is 84.6 Å². The Labute approximate surface area is 452 Å². The molecule has 24 heteroatoms. The second-order valence-electron chi connectivity index (χ2n) is 16.7. The maximum atomic E-state index is 12.2. The van der Waals surface area contributed by atoms with E-state index in [1.54, 1.807) is 151 Å². The molecule has 0 saturated carbocycles. The minimum atomic E-state index is -3.33. The number of hydrogen-bond acceptors (Lipinski definition) is 19. The molecule has 9 N–H and O–H groups in total. The molecule has 0 atom stereocenters. The van der Waals surface area contributed by atoms with Crippen LogP contribution in [-0.4, -0.2) is 86.0 Å². The number of phenols is 1. The molecule has 0 bridgehead atoms. The number of nitrogen functional groups attached to an aromatic ring is 4. The van der Waals surface area contributed by atoms with Gasteiger partial charge in [-0.3, -0.25) is 4.98 Å². The maximum Gasteiger partial charge on any atom is 0.180 e. The summed E-state index contributed by atoms with van der Waals surface area (Å²) in [6.07, 6.45) is 9.13. The number of phenolic OH excluding ortho intramolecular Hbond substituents is 1. The van der Waals surface area contributed by atoms with Crippen molar-refractivity contribution < 1.29 is 30.4 Å². The molecular weight excluding hydrogens is 1150 g/mol. The fraction of sp³-hybridized carbons (Fsp3) is 0.176. The number of halogens is 2. The predicted molar refractivity (Wildman–Crippen MR) is 299 cm³/mol. The third kappa shape index (κ3) is 16.0. The summed E-state index contributed by atoms with van der Waals surface area (Å²) in [6.45, 7) is 9.93. The zero-order chi connectivity index (χ0) is 55.3. The highest BCUT2D eigenvalue weighted by Gasteiger charge is 2.21. The number of aromatic hydroxyl groups is 1. The van der Waals surface area contributed by atoms with E-state index in [9.17, 15) is 30.4 Å². The van der Waals surface area contributed by atoms with Crippen LogP contribution in [0.25, 0.3) is 33.8 Å². The molecule has 0 aliphatic heterocycles. The normalized spacial score (nSPS) is 11.2. The number of hydrogen-bond donors (Lipinski definition) is 5. The van der Waals surface area contributed by atoms with Crippen molar-refractivity contribution in [1.82, 2.24) is 39.9 Å². The van der Waals surface area contributed by atoms with Crippen molar-refractivity contribution in [3.63, 3.8) is 0 Å². The molecule has 0 aliphatic rings. The molecule has 0 radical (unpaired) electrons. The first-order chi connectivity index (χ1) is 35.3. The Bertz CT molecular complexity index is 3620. The zero-order valence-corrected chi connectivity index (χ0v) is 46.8. The van der Waals surface area contributed by atoms with Crippen molar-refractivity contribution in [2.45, 2.75) is 72.0 Å². The minimum Gasteiger partial charge on any atom is -0.508 e. The fourth-order valence-electron chi connectivity index (χ4n) is 5.93. The summed E-state index contributed by atoms with van der Waals surface area (Å²) in [7, 11) is -9.83. The van der Waals surface area contributed by atoms with Gasteiger partial charge in [-0.15, -0.1) is 0 Å². The molecule has 75 heavy (non-hydrogen) atoms. The van der Waals surface area contributed by atoms with E-state index in [1.165, 1.54) is 24.7 Å². The van der Waals surface area contributed by atoms with Crippen molar-refractivity contribution in [2.75, 3.05) is 22.9 Å². The van der Waals surface area contributed by atoms with Crippen LogP contribution in [0.3, 0.4) is 0 Å². The molecule has 0 unspecified atom stereocenters. The Balaban J connectivity index is 0.000000197. The van der Waals surface area contributed by atoms with E-state index in [0.29, 0.717) is 70.4 Å². The minimum absolute atomic E-state index is 0.121. The quantitative estimate of drug-likeness (QED) is 0.0846. The molecule has 0 fully saturated rings. The van der Waals surface area contributed by atoms with Crippen molar-refractivity contribution in [1.29, 1.82) is 0 Å². The van der Waals surface area contributed by atoms with Crippen LogP contribution in [0.15, 0.2) is 158 Å². The van der Waals surface area contributed by atoms with E-state index in [2.05, 4.69) is 83.6 Å². The molecule has 0 amide bonds. The van der Waals surface area contributed by atoms with Gasteiger partial charge in [-0.1, -0.05) is 48.4 Å². The highest BCUT2D eigenvalue weighted by Crippen LogP contribution is 2.26. The van der Waals surface area contributed by atoms with Gasteiger partial charge in [-0.2, -0.15) is 0 Å². The van der Waals surface area contributed by atoms with Crippen LogP contribution in [-0.2, 0) is 29.5 Å². The van der Waals surface area contributed by atoms with Crippen molar-refractivity contribution in [3.8, 4) is 51.4 Å². The van der Waals surface area contributed by atoms with Crippen LogP contribution in [0.1, 0.15) is 52.8 Å². The number of nitrogens with zero attached hydrogens (tertiary/aromatic N) is 8. The number of nitrogens with two attached hydrogens (primary N) is 4. The van der Waals surface area contributed by atoms with Gasteiger partial charge in [0.15, 0.2) is 46.8 Å². The smallest absolute Gasteiger partial charge is 0.180 e. The lowest BCUT2D eigenvalue weighted by atomic mass is 10.1. The van der Waals surface area contributed by atoms with Crippen LogP contribution in [0, 0.1) is 11.8 Å². The largest absolute Gasteiger partial charge is 0.508 e. The zero-order valence-electron chi connectivity index (χ0n) is 41.2. The van der Waals surface area contributed by atoms with Gasteiger partial charge in [0, 0.05) is 22.3 Å². The maximum absolute atomic E-state index is 12.2. The van der Waals surface area contributed by atoms with Gasteiger partial charge in [0.1, 0.15) is 26.6 Å². The van der Waals surface area contributed by atoms with Gasteiger partial charge >= 0.3 is 0 Å². The summed E-state index contributed by atoms with van der Waals surface area (Å²) in [6, 6.07) is 26.2. The lowest BCUT2D eigenvalue weighted by Gasteiger charge is -2.08. The van der Waals surface area contributed by atoms with Crippen LogP contribution >= 0.6 is 31.9 Å². The number of aromatic nitrogens is 8. The van der Waals surface area contributed by atoms with E-state index >= 15 is 0 Å². The van der Waals surface area contributed by atoms with E-state index < -0.39 is 45.3 Å². The highest BCUT2D eigenvalue weighted by molar-refractivity contribution is 9.10. The van der Waals surface area contributed by atoms with Crippen LogP contribution in [0.4, 0.5) is 23.3 Å². The van der Waals surface area contributed by atoms with E-state index in [-0.39, 0.29) is 16.5 Å². The molecule has 0 spiro atoms. The summed E-state index contributed by atoms with van der Waals surface area (Å²) >= 11 is 6.33. The third-order valence-electron chi connectivity index (χ3n) is 10.3. The van der Waals surface area contributed by atoms with E-state index in [1.807, 2.05) is 0 Å². The van der Waals surface area contributed by atoms with Crippen LogP contribution in [0.2, 0.25) is 0 Å². The van der Waals surface area contributed by atoms with Gasteiger partial charge < -0.3 is 28.0 Å². The first kappa shape index (κ1) is 58.5. The predicted octanol–water partition coefficient (Wildman–Crippen LogP) is 8.41. The Hall–Kier alpha value is -7.43. The molecule has 390 valence electrons. The monoisotopic (exact) mass is 1200 g/mol. The summed E-state index contributed by atoms with van der Waals surface area (Å²) in [5.41, 5.74) is 27.2. The summed E-state index contributed by atoms with van der Waals surface area (Å²) in [4.78, 5) is 33.3. The average molecular weight is 1200 g/mol. The second kappa shape index (κ2) is 25.7. The highest BCUT2D eigenvalue weighted by atomic mass is 79.9. The topological polar surface area (TPSA) is 330 Å². The summed E-state index contributed by atoms with van der Waals surface area (Å²) in [5.74, 6) is 7.16. The second-order valence-corrected chi connectivity index (χ2v) is 25.7. The Kier molecular flexibility index (Phi) is 20.0. The molecule has 0 saturated heterocycles. The Morgan fingerprint density at radius 1 is 0.467 bits per heavy atom. The SMILES string of the molecule is CC(C)S(=O)(=O)c1ccc(-c2cnc(N)c(Br)n2)cc1.CC(C)S(=O)(=O)c1ccc(-c2cnc(N)c(C#Cc3cccc(O)c3)n2)cc1.CC(C)S(=O)(=O)c1ccc(-c2cnc(N)cn2)cc1.Nc1cnc(Br)cn1. The molecule has 4 heterocycles. The molecule has 4 aromatic heterocycles. The van der Waals surface area contributed by atoms with E-state index in [0.717, 1.165) is 11.1 Å². The lowest BCUT2D eigenvalue weighted by Crippen LogP contribution is -2.13. The number of sulfone groups is 3. The molecule has 0 aliphatic carbocycles. The third-order valence-corrected chi connectivity index (χ3v) is 17.8. The summed E-state index contributed by atoms with van der Waals surface area (Å²) in [5, 5.41) is 8.14. The fourth-order valence-corrected chi connectivity index (χ4v) is 9.61. The van der Waals surface area contributed by atoms with Crippen LogP contribution < -0.4 is 22.9 Å². The first-order valence-electron chi connectivity index (χ1n) is 22.3. The molecule has 8 rings (SSSR count). The Morgan fingerprint density at radius 2 is 0.880 bits per heavy atom. The number of rotatable bonds is 9. The molecule has 8 aromatic rings. The molecular formula is C51H52Br2N12O7S3. The first-order valence-corrected chi connectivity index (χ1v) is 28.6. The molecule has 19 nitrogen and oxygen atoms in total. The summed E-state index contributed by atoms with van der Waals surface area (Å²) < 4.78 is 73.7. The van der Waals surface area contributed by atoms with Crippen molar-refractivity contribution in [2.24, 2.45) is 0 Å². The van der Waals surface area contributed by atoms with E-state index in [4.69, 9.17) is 22.9 Å². The van der Waals surface area contributed by atoms with Gasteiger partial charge in [-0.25, -0.2) is 60.1 Å². The standard InChI is InChI=1S/C21H19N3O3S.C13H14BrN3O2S.C13H15N3O2S.C4H4BrN3/c1-14(2)28(26,27)18-9-7-16(8-10-18)20-13-23-21(22)19(24-20)11-6-15-4-3-5-17(25)12-15;1-8(2)20(18,19)10-5-3-9(4-6-10)11-7-16-13(15)12(14)17-11;1-9(2)19(17,18)11-5-3-10(4-6-11)12-7-16-13(14)8-15-12;5-3-1-8-4(6)2-7-3/h3-5,7-10,12-14,25H,1-2H3,(H2,22,23);3-8H,1-2H3,(H2,15,16);3-9H,1-2H3,(H2,14,16);1-2H,(H2,6,8). The van der Waals surface area contributed by atoms with Gasteiger partial charge in [0.05, 0.1) is 84.7 Å². The van der Waals surface area contributed by atoms with Crippen LogP contribution in [0.5, 0.6) is 5.75 Å². The lowest BCUT2D eigenvalue weighted by molar-refractivity contribution is 0.475.